The Hall–Kier alpha value is -0.665. The summed E-state index contributed by atoms with van der Waals surface area (Å²) in [6.07, 6.45) is 8.63. The number of aliphatic hydroxyl groups excluding tert-OH is 1. The fourth-order valence-corrected chi connectivity index (χ4v) is 4.43. The zero-order chi connectivity index (χ0) is 20.2. The van der Waals surface area contributed by atoms with Gasteiger partial charge in [0.05, 0.1) is 17.8 Å². The minimum absolute atomic E-state index is 0.272. The van der Waals surface area contributed by atoms with Gasteiger partial charge in [0.25, 0.3) is 0 Å². The number of likely N-dealkylation sites (tertiary alicyclic amines) is 1. The van der Waals surface area contributed by atoms with Crippen LogP contribution in [0.3, 0.4) is 0 Å². The molecule has 1 aromatic rings. The van der Waals surface area contributed by atoms with E-state index in [-0.39, 0.29) is 17.8 Å². The zero-order valence-electron chi connectivity index (χ0n) is 17.7. The summed E-state index contributed by atoms with van der Waals surface area (Å²) in [5.74, 6) is 1.87. The third-order valence-electron chi connectivity index (χ3n) is 6.28. The summed E-state index contributed by atoms with van der Waals surface area (Å²) < 4.78 is 12.1. The number of thioether (sulfide) groups is 1. The molecular weight excluding hydrogens is 373 g/mol. The van der Waals surface area contributed by atoms with Crippen molar-refractivity contribution >= 4 is 24.3 Å². The van der Waals surface area contributed by atoms with Gasteiger partial charge in [-0.1, -0.05) is 11.8 Å². The molecule has 0 aromatic carbocycles. The Morgan fingerprint density at radius 1 is 1.14 bits per heavy atom. The van der Waals surface area contributed by atoms with Crippen molar-refractivity contribution in [1.29, 1.82) is 0 Å². The van der Waals surface area contributed by atoms with E-state index in [0.717, 1.165) is 41.9 Å². The van der Waals surface area contributed by atoms with Crippen molar-refractivity contribution in [3.63, 3.8) is 0 Å². The minimum atomic E-state index is -0.402. The predicted octanol–water partition coefficient (Wildman–Crippen LogP) is 2.35. The lowest BCUT2D eigenvalue weighted by molar-refractivity contribution is 0.00578. The van der Waals surface area contributed by atoms with Crippen molar-refractivity contribution in [3.05, 3.63) is 12.4 Å². The van der Waals surface area contributed by atoms with E-state index in [1.165, 1.54) is 25.7 Å². The number of nitrogens with zero attached hydrogens (tertiary/aromatic N) is 3. The molecule has 3 rings (SSSR count). The molecule has 2 aliphatic heterocycles. The van der Waals surface area contributed by atoms with Gasteiger partial charge in [0, 0.05) is 30.2 Å². The van der Waals surface area contributed by atoms with Gasteiger partial charge in [-0.15, -0.1) is 0 Å². The molecule has 2 aliphatic rings. The first-order chi connectivity index (χ1) is 13.3. The van der Waals surface area contributed by atoms with Crippen LogP contribution in [0.4, 0.5) is 0 Å². The first kappa shape index (κ1) is 22.0. The topological polar surface area (TPSA) is 67.7 Å². The third kappa shape index (κ3) is 5.48. The maximum atomic E-state index is 9.02. The van der Waals surface area contributed by atoms with E-state index >= 15 is 0 Å². The van der Waals surface area contributed by atoms with Crippen LogP contribution in [-0.4, -0.2) is 70.3 Å². The van der Waals surface area contributed by atoms with E-state index < -0.39 is 7.12 Å². The van der Waals surface area contributed by atoms with Crippen LogP contribution >= 0.6 is 11.8 Å². The van der Waals surface area contributed by atoms with Gasteiger partial charge in [-0.3, -0.25) is 0 Å². The summed E-state index contributed by atoms with van der Waals surface area (Å²) in [5, 5.41) is 9.84. The van der Waals surface area contributed by atoms with Crippen LogP contribution in [0.1, 0.15) is 53.4 Å². The summed E-state index contributed by atoms with van der Waals surface area (Å²) in [6, 6.07) is 0. The van der Waals surface area contributed by atoms with E-state index in [2.05, 4.69) is 42.6 Å². The van der Waals surface area contributed by atoms with Crippen molar-refractivity contribution in [2.24, 2.45) is 5.92 Å². The van der Waals surface area contributed by atoms with E-state index in [1.807, 2.05) is 12.4 Å². The van der Waals surface area contributed by atoms with Crippen molar-refractivity contribution in [3.8, 4) is 0 Å². The first-order valence-corrected chi connectivity index (χ1v) is 11.4. The Labute approximate surface area is 173 Å². The number of rotatable bonds is 8. The van der Waals surface area contributed by atoms with E-state index in [0.29, 0.717) is 0 Å². The Morgan fingerprint density at radius 2 is 1.75 bits per heavy atom. The standard InChI is InChI=1S/C20H34BN3O3S/c1-19(2)20(3,4)27-21(26-19)17-14-22-18(23-15-17)28-13-5-6-16-7-9-24(10-8-16)11-12-25/h14-16,25H,5-13H2,1-4H3. The second kappa shape index (κ2) is 9.43. The van der Waals surface area contributed by atoms with Gasteiger partial charge < -0.3 is 19.3 Å². The van der Waals surface area contributed by atoms with Crippen LogP contribution in [0.15, 0.2) is 17.6 Å². The molecule has 0 atom stereocenters. The molecule has 6 nitrogen and oxygen atoms in total. The van der Waals surface area contributed by atoms with Crippen molar-refractivity contribution in [2.75, 3.05) is 32.0 Å². The quantitative estimate of drug-likeness (QED) is 0.307. The molecule has 0 unspecified atom stereocenters. The highest BCUT2D eigenvalue weighted by Gasteiger charge is 2.51. The molecule has 8 heteroatoms. The normalized spacial score (nSPS) is 22.7. The van der Waals surface area contributed by atoms with Crippen molar-refractivity contribution < 1.29 is 14.4 Å². The Balaban J connectivity index is 1.38. The highest BCUT2D eigenvalue weighted by Crippen LogP contribution is 2.36. The molecule has 0 bridgehead atoms. The van der Waals surface area contributed by atoms with Gasteiger partial charge in [-0.25, -0.2) is 9.97 Å². The Kier molecular flexibility index (Phi) is 7.42. The van der Waals surface area contributed by atoms with Crippen LogP contribution in [0.5, 0.6) is 0 Å². The Bertz CT molecular complexity index is 606. The molecule has 2 fully saturated rings. The molecule has 0 radical (unpaired) electrons. The second-order valence-corrected chi connectivity index (χ2v) is 9.95. The van der Waals surface area contributed by atoms with Crippen LogP contribution in [-0.2, 0) is 9.31 Å². The summed E-state index contributed by atoms with van der Waals surface area (Å²) in [4.78, 5) is 11.4. The van der Waals surface area contributed by atoms with Gasteiger partial charge >= 0.3 is 7.12 Å². The lowest BCUT2D eigenvalue weighted by atomic mass is 9.81. The van der Waals surface area contributed by atoms with Gasteiger partial charge in [0.2, 0.25) is 0 Å². The van der Waals surface area contributed by atoms with E-state index in [4.69, 9.17) is 14.4 Å². The molecule has 0 spiro atoms. The van der Waals surface area contributed by atoms with E-state index in [9.17, 15) is 0 Å². The number of hydrogen-bond donors (Lipinski definition) is 1. The van der Waals surface area contributed by atoms with Crippen molar-refractivity contribution in [1.82, 2.24) is 14.9 Å². The summed E-state index contributed by atoms with van der Waals surface area (Å²) in [5.41, 5.74) is 0.177. The average Bonchev–Trinajstić information content (AvgIpc) is 2.88. The van der Waals surface area contributed by atoms with Gasteiger partial charge in [0.15, 0.2) is 5.16 Å². The fraction of sp³-hybridized carbons (Fsp3) is 0.800. The monoisotopic (exact) mass is 407 g/mol. The SMILES string of the molecule is CC1(C)OB(c2cnc(SCCCC3CCN(CCO)CC3)nc2)OC1(C)C. The van der Waals surface area contributed by atoms with Gasteiger partial charge in [-0.2, -0.15) is 0 Å². The molecule has 28 heavy (non-hydrogen) atoms. The zero-order valence-corrected chi connectivity index (χ0v) is 18.5. The molecular formula is C20H34BN3O3S. The second-order valence-electron chi connectivity index (χ2n) is 8.89. The summed E-state index contributed by atoms with van der Waals surface area (Å²) in [6.45, 7) is 11.5. The molecule has 1 aromatic heterocycles. The number of piperidine rings is 1. The number of aliphatic hydroxyl groups is 1. The molecule has 0 saturated carbocycles. The Morgan fingerprint density at radius 3 is 2.32 bits per heavy atom. The van der Waals surface area contributed by atoms with Gasteiger partial charge in [-0.05, 0) is 72.4 Å². The van der Waals surface area contributed by atoms with Crippen LogP contribution in [0.25, 0.3) is 0 Å². The van der Waals surface area contributed by atoms with Gasteiger partial charge in [0.1, 0.15) is 0 Å². The lowest BCUT2D eigenvalue weighted by Crippen LogP contribution is -2.41. The third-order valence-corrected chi connectivity index (χ3v) is 7.25. The summed E-state index contributed by atoms with van der Waals surface area (Å²) in [7, 11) is -0.402. The maximum Gasteiger partial charge on any atom is 0.498 e. The largest absolute Gasteiger partial charge is 0.498 e. The van der Waals surface area contributed by atoms with Crippen molar-refractivity contribution in [2.45, 2.75) is 69.7 Å². The molecule has 2 saturated heterocycles. The number of hydrogen-bond acceptors (Lipinski definition) is 7. The smallest absolute Gasteiger partial charge is 0.399 e. The van der Waals surface area contributed by atoms with Crippen LogP contribution < -0.4 is 5.46 Å². The molecule has 0 aliphatic carbocycles. The molecule has 156 valence electrons. The first-order valence-electron chi connectivity index (χ1n) is 10.4. The lowest BCUT2D eigenvalue weighted by Gasteiger charge is -2.32. The highest BCUT2D eigenvalue weighted by atomic mass is 32.2. The molecule has 3 heterocycles. The number of aromatic nitrogens is 2. The van der Waals surface area contributed by atoms with Crippen LogP contribution in [0.2, 0.25) is 0 Å². The van der Waals surface area contributed by atoms with Crippen LogP contribution in [0, 0.1) is 5.92 Å². The molecule has 0 amide bonds. The highest BCUT2D eigenvalue weighted by molar-refractivity contribution is 7.99. The maximum absolute atomic E-state index is 9.02. The number of β-amino-alcohol motifs (C(OH)–C–C–N with tert-alkyl or cyclic N) is 1. The van der Waals surface area contributed by atoms with E-state index in [1.54, 1.807) is 11.8 Å². The predicted molar refractivity (Wildman–Crippen MR) is 114 cm³/mol. The minimum Gasteiger partial charge on any atom is -0.399 e. The fourth-order valence-electron chi connectivity index (χ4n) is 3.68. The molecule has 1 N–H and O–H groups in total. The average molecular weight is 407 g/mol. The summed E-state index contributed by atoms with van der Waals surface area (Å²) >= 11 is 1.72.